The van der Waals surface area contributed by atoms with Crippen LogP contribution >= 0.6 is 11.8 Å². The van der Waals surface area contributed by atoms with Gasteiger partial charge in [-0.05, 0) is 18.4 Å². The van der Waals surface area contributed by atoms with Gasteiger partial charge in [-0.2, -0.15) is 0 Å². The van der Waals surface area contributed by atoms with Crippen LogP contribution in [0.1, 0.15) is 12.8 Å². The number of alkyl halides is 2. The maximum Gasteiger partial charge on any atom is 0.136 e. The maximum atomic E-state index is 12.6. The lowest BCUT2D eigenvalue weighted by molar-refractivity contribution is 0.102. The summed E-state index contributed by atoms with van der Waals surface area (Å²) in [5, 5.41) is 0.174. The van der Waals surface area contributed by atoms with Gasteiger partial charge in [-0.25, -0.2) is 8.78 Å². The monoisotopic (exact) mass is 263 g/mol. The number of ether oxygens (including phenoxy) is 1. The third kappa shape index (κ3) is 4.41. The Bertz CT molecular complexity index is 284. The number of allylic oxidation sites excluding steroid dienone is 1. The number of thioether (sulfide) groups is 1. The predicted molar refractivity (Wildman–Crippen MR) is 68.6 cm³/mol. The molecule has 2 nitrogen and oxygen atoms in total. The maximum absolute atomic E-state index is 12.6. The summed E-state index contributed by atoms with van der Waals surface area (Å²) in [5.41, 5.74) is 6.55. The molecule has 0 aromatic rings. The van der Waals surface area contributed by atoms with Gasteiger partial charge in [-0.3, -0.25) is 0 Å². The van der Waals surface area contributed by atoms with Crippen LogP contribution < -0.4 is 5.73 Å². The first kappa shape index (κ1) is 14.7. The van der Waals surface area contributed by atoms with Crippen LogP contribution in [0.15, 0.2) is 23.8 Å². The Hall–Kier alpha value is -0.390. The number of methoxy groups -OCH3 is 1. The van der Waals surface area contributed by atoms with E-state index in [9.17, 15) is 8.78 Å². The summed E-state index contributed by atoms with van der Waals surface area (Å²) in [6.07, 6.45) is 7.11. The zero-order valence-electron chi connectivity index (χ0n) is 9.94. The first-order chi connectivity index (χ1) is 8.22. The number of rotatable bonds is 6. The Morgan fingerprint density at radius 1 is 1.59 bits per heavy atom. The van der Waals surface area contributed by atoms with Crippen molar-refractivity contribution in [2.45, 2.75) is 30.2 Å². The summed E-state index contributed by atoms with van der Waals surface area (Å²) >= 11 is 1.27. The van der Waals surface area contributed by atoms with Crippen molar-refractivity contribution >= 4 is 11.8 Å². The standard InChI is InChI=1S/C12H19F2NOS/c1-16-12(11(15)7-13)9-3-2-4-10(6-5-9)17-8-14/h3,5-6,10-12H,2,4,7-8,15H2,1H3/t10?,11?,12-/m1/s1. The molecule has 0 amide bonds. The van der Waals surface area contributed by atoms with Crippen molar-refractivity contribution in [3.8, 4) is 0 Å². The van der Waals surface area contributed by atoms with Gasteiger partial charge in [-0.1, -0.05) is 18.2 Å². The lowest BCUT2D eigenvalue weighted by Crippen LogP contribution is -2.38. The van der Waals surface area contributed by atoms with Crippen molar-refractivity contribution in [1.29, 1.82) is 0 Å². The fourth-order valence-corrected chi connectivity index (χ4v) is 2.52. The van der Waals surface area contributed by atoms with Gasteiger partial charge in [0.25, 0.3) is 0 Å². The van der Waals surface area contributed by atoms with Gasteiger partial charge in [0.1, 0.15) is 12.7 Å². The molecule has 98 valence electrons. The van der Waals surface area contributed by atoms with Gasteiger partial charge >= 0.3 is 0 Å². The van der Waals surface area contributed by atoms with Crippen LogP contribution in [0.25, 0.3) is 0 Å². The van der Waals surface area contributed by atoms with E-state index in [1.807, 2.05) is 18.2 Å². The minimum Gasteiger partial charge on any atom is -0.375 e. The average molecular weight is 263 g/mol. The lowest BCUT2D eigenvalue weighted by Gasteiger charge is -2.21. The normalized spacial score (nSPS) is 24.0. The first-order valence-electron chi connectivity index (χ1n) is 5.63. The van der Waals surface area contributed by atoms with Crippen molar-refractivity contribution in [3.63, 3.8) is 0 Å². The molecule has 2 N–H and O–H groups in total. The summed E-state index contributed by atoms with van der Waals surface area (Å²) in [5.74, 6) is 0. The van der Waals surface area contributed by atoms with Crippen LogP contribution in [0.5, 0.6) is 0 Å². The molecule has 17 heavy (non-hydrogen) atoms. The van der Waals surface area contributed by atoms with Gasteiger partial charge < -0.3 is 10.5 Å². The van der Waals surface area contributed by atoms with Gasteiger partial charge in [0.05, 0.1) is 12.1 Å². The smallest absolute Gasteiger partial charge is 0.136 e. The van der Waals surface area contributed by atoms with Crippen LogP contribution in [0.3, 0.4) is 0 Å². The van der Waals surface area contributed by atoms with Crippen molar-refractivity contribution in [2.75, 3.05) is 19.8 Å². The Labute approximate surface area is 105 Å². The van der Waals surface area contributed by atoms with E-state index in [4.69, 9.17) is 10.5 Å². The second kappa shape index (κ2) is 7.84. The molecule has 0 aromatic heterocycles. The molecule has 1 rings (SSSR count). The lowest BCUT2D eigenvalue weighted by atomic mass is 10.0. The zero-order chi connectivity index (χ0) is 12.7. The first-order valence-corrected chi connectivity index (χ1v) is 6.68. The molecule has 5 heteroatoms. The quantitative estimate of drug-likeness (QED) is 0.800. The molecule has 0 aliphatic heterocycles. The summed E-state index contributed by atoms with van der Waals surface area (Å²) < 4.78 is 30.0. The summed E-state index contributed by atoms with van der Waals surface area (Å²) in [6.45, 7) is -0.619. The summed E-state index contributed by atoms with van der Waals surface area (Å²) in [4.78, 5) is 0. The fraction of sp³-hybridized carbons (Fsp3) is 0.667. The SMILES string of the molecule is CO[C@H](C1=CCCC(SCF)C=C1)C(N)CF. The van der Waals surface area contributed by atoms with Crippen LogP contribution in [-0.4, -0.2) is 37.2 Å². The van der Waals surface area contributed by atoms with Crippen molar-refractivity contribution in [2.24, 2.45) is 5.73 Å². The van der Waals surface area contributed by atoms with E-state index in [1.165, 1.54) is 18.9 Å². The van der Waals surface area contributed by atoms with E-state index in [-0.39, 0.29) is 11.3 Å². The average Bonchev–Trinajstić information content (AvgIpc) is 2.56. The molecule has 0 bridgehead atoms. The molecule has 2 unspecified atom stereocenters. The molecule has 1 aliphatic rings. The largest absolute Gasteiger partial charge is 0.375 e. The highest BCUT2D eigenvalue weighted by Gasteiger charge is 2.21. The van der Waals surface area contributed by atoms with E-state index < -0.39 is 18.8 Å². The van der Waals surface area contributed by atoms with Gasteiger partial charge in [0, 0.05) is 12.4 Å². The molecule has 0 heterocycles. The molecule has 0 fully saturated rings. The van der Waals surface area contributed by atoms with Gasteiger partial charge in [0.15, 0.2) is 0 Å². The third-order valence-corrected chi connectivity index (χ3v) is 3.71. The van der Waals surface area contributed by atoms with Crippen LogP contribution in [-0.2, 0) is 4.74 Å². The molecule has 0 radical (unpaired) electrons. The van der Waals surface area contributed by atoms with Crippen molar-refractivity contribution < 1.29 is 13.5 Å². The van der Waals surface area contributed by atoms with E-state index in [0.29, 0.717) is 0 Å². The van der Waals surface area contributed by atoms with Gasteiger partial charge in [-0.15, -0.1) is 11.8 Å². The van der Waals surface area contributed by atoms with E-state index in [0.717, 1.165) is 18.4 Å². The molecular weight excluding hydrogens is 244 g/mol. The molecule has 1 aliphatic carbocycles. The minimum atomic E-state index is -0.652. The second-order valence-corrected chi connectivity index (χ2v) is 5.09. The molecule has 3 atom stereocenters. The molecule has 0 saturated carbocycles. The fourth-order valence-electron chi connectivity index (χ4n) is 1.87. The van der Waals surface area contributed by atoms with Crippen LogP contribution in [0, 0.1) is 0 Å². The molecular formula is C12H19F2NOS. The van der Waals surface area contributed by atoms with Crippen LogP contribution in [0.2, 0.25) is 0 Å². The minimum absolute atomic E-state index is 0.174. The van der Waals surface area contributed by atoms with Crippen LogP contribution in [0.4, 0.5) is 8.78 Å². The highest BCUT2D eigenvalue weighted by atomic mass is 32.2. The number of halogens is 2. The Morgan fingerprint density at radius 3 is 2.94 bits per heavy atom. The van der Waals surface area contributed by atoms with E-state index >= 15 is 0 Å². The Kier molecular flexibility index (Phi) is 6.77. The highest BCUT2D eigenvalue weighted by molar-refractivity contribution is 7.99. The summed E-state index contributed by atoms with van der Waals surface area (Å²) in [7, 11) is 1.52. The van der Waals surface area contributed by atoms with Crippen molar-refractivity contribution in [1.82, 2.24) is 0 Å². The second-order valence-electron chi connectivity index (χ2n) is 3.93. The van der Waals surface area contributed by atoms with E-state index in [2.05, 4.69) is 0 Å². The highest BCUT2D eigenvalue weighted by Crippen LogP contribution is 2.24. The number of nitrogens with two attached hydrogens (primary N) is 1. The Balaban J connectivity index is 2.69. The Morgan fingerprint density at radius 2 is 2.35 bits per heavy atom. The summed E-state index contributed by atoms with van der Waals surface area (Å²) in [6, 6.07) is -1.04. The number of hydrogen-bond acceptors (Lipinski definition) is 3. The van der Waals surface area contributed by atoms with Gasteiger partial charge in [0.2, 0.25) is 0 Å². The van der Waals surface area contributed by atoms with Crippen molar-refractivity contribution in [3.05, 3.63) is 23.8 Å². The van der Waals surface area contributed by atoms with E-state index in [1.54, 1.807) is 0 Å². The predicted octanol–water partition coefficient (Wildman–Crippen LogP) is 2.60. The number of hydrogen-bond donors (Lipinski definition) is 1. The molecule has 0 spiro atoms. The third-order valence-electron chi connectivity index (χ3n) is 2.76. The molecule has 0 aromatic carbocycles. The molecule has 0 saturated heterocycles. The topological polar surface area (TPSA) is 35.2 Å². The zero-order valence-corrected chi connectivity index (χ0v) is 10.8.